The lowest BCUT2D eigenvalue weighted by Gasteiger charge is -2.14. The predicted octanol–water partition coefficient (Wildman–Crippen LogP) is 3.80. The molecule has 0 unspecified atom stereocenters. The van der Waals surface area contributed by atoms with Gasteiger partial charge in [-0.2, -0.15) is 0 Å². The molecule has 2 N–H and O–H groups in total. The van der Waals surface area contributed by atoms with Gasteiger partial charge in [-0.25, -0.2) is 4.39 Å². The smallest absolute Gasteiger partial charge is 0.124 e. The number of halogens is 1. The summed E-state index contributed by atoms with van der Waals surface area (Å²) in [4.78, 5) is 0. The van der Waals surface area contributed by atoms with E-state index < -0.39 is 0 Å². The highest BCUT2D eigenvalue weighted by atomic mass is 19.1. The average molecular weight is 239 g/mol. The van der Waals surface area contributed by atoms with Crippen molar-refractivity contribution < 1.29 is 9.13 Å². The monoisotopic (exact) mass is 239 g/mol. The van der Waals surface area contributed by atoms with E-state index in [1.165, 1.54) is 31.4 Å². The first-order valence-corrected chi connectivity index (χ1v) is 6.33. The minimum atomic E-state index is -0.268. The van der Waals surface area contributed by atoms with Crippen molar-refractivity contribution in [3.63, 3.8) is 0 Å². The normalized spacial score (nSPS) is 12.5. The van der Waals surface area contributed by atoms with Gasteiger partial charge in [0.2, 0.25) is 0 Å². The van der Waals surface area contributed by atoms with E-state index in [0.717, 1.165) is 12.0 Å². The zero-order valence-electron chi connectivity index (χ0n) is 10.7. The zero-order chi connectivity index (χ0) is 12.7. The van der Waals surface area contributed by atoms with Gasteiger partial charge in [0.05, 0.1) is 6.61 Å². The molecule has 1 aromatic carbocycles. The largest absolute Gasteiger partial charge is 0.493 e. The first-order valence-electron chi connectivity index (χ1n) is 6.33. The van der Waals surface area contributed by atoms with Gasteiger partial charge in [-0.3, -0.25) is 0 Å². The van der Waals surface area contributed by atoms with E-state index >= 15 is 0 Å². The second kappa shape index (κ2) is 7.28. The van der Waals surface area contributed by atoms with Crippen LogP contribution in [0.4, 0.5) is 4.39 Å². The van der Waals surface area contributed by atoms with Gasteiger partial charge in [-0.1, -0.05) is 26.2 Å². The van der Waals surface area contributed by atoms with E-state index in [1.54, 1.807) is 6.07 Å². The summed E-state index contributed by atoms with van der Waals surface area (Å²) in [6.45, 7) is 4.68. The Morgan fingerprint density at radius 3 is 2.71 bits per heavy atom. The molecule has 2 nitrogen and oxygen atoms in total. The molecule has 0 aliphatic heterocycles. The third-order valence-electron chi connectivity index (χ3n) is 2.72. The lowest BCUT2D eigenvalue weighted by molar-refractivity contribution is 0.300. The Morgan fingerprint density at radius 2 is 2.06 bits per heavy atom. The SMILES string of the molecule is CCCCCCOc1ccc(F)cc1[C@@H](C)N. The lowest BCUT2D eigenvalue weighted by atomic mass is 10.1. The molecule has 3 heteroatoms. The molecule has 0 bridgehead atoms. The molecule has 0 aliphatic carbocycles. The Labute approximate surface area is 103 Å². The highest BCUT2D eigenvalue weighted by molar-refractivity contribution is 5.36. The molecule has 0 saturated carbocycles. The van der Waals surface area contributed by atoms with Crippen LogP contribution in [-0.2, 0) is 0 Å². The standard InChI is InChI=1S/C14H22FNO/c1-3-4-5-6-9-17-14-8-7-12(15)10-13(14)11(2)16/h7-8,10-11H,3-6,9,16H2,1-2H3/t11-/m1/s1. The number of unbranched alkanes of at least 4 members (excludes halogenated alkanes) is 3. The summed E-state index contributed by atoms with van der Waals surface area (Å²) in [6.07, 6.45) is 4.64. The van der Waals surface area contributed by atoms with Crippen LogP contribution in [0.25, 0.3) is 0 Å². The molecule has 1 aromatic rings. The maximum Gasteiger partial charge on any atom is 0.124 e. The Morgan fingerprint density at radius 1 is 1.29 bits per heavy atom. The quantitative estimate of drug-likeness (QED) is 0.734. The molecule has 0 aliphatic rings. The summed E-state index contributed by atoms with van der Waals surface area (Å²) in [5.74, 6) is 0.438. The van der Waals surface area contributed by atoms with Crippen molar-refractivity contribution in [1.82, 2.24) is 0 Å². The van der Waals surface area contributed by atoms with Crippen LogP contribution in [0.5, 0.6) is 5.75 Å². The van der Waals surface area contributed by atoms with Crippen LogP contribution in [0.1, 0.15) is 51.1 Å². The molecular weight excluding hydrogens is 217 g/mol. The van der Waals surface area contributed by atoms with Gasteiger partial charge in [-0.15, -0.1) is 0 Å². The Bertz CT molecular complexity index is 339. The van der Waals surface area contributed by atoms with Crippen LogP contribution in [-0.4, -0.2) is 6.61 Å². The van der Waals surface area contributed by atoms with E-state index in [-0.39, 0.29) is 11.9 Å². The maximum absolute atomic E-state index is 13.1. The van der Waals surface area contributed by atoms with Crippen LogP contribution in [0.2, 0.25) is 0 Å². The van der Waals surface area contributed by atoms with Crippen molar-refractivity contribution in [2.45, 2.75) is 45.6 Å². The van der Waals surface area contributed by atoms with Crippen molar-refractivity contribution in [3.8, 4) is 5.75 Å². The molecule has 0 radical (unpaired) electrons. The number of benzene rings is 1. The van der Waals surface area contributed by atoms with Gasteiger partial charge in [0, 0.05) is 11.6 Å². The van der Waals surface area contributed by atoms with Crippen molar-refractivity contribution >= 4 is 0 Å². The van der Waals surface area contributed by atoms with Gasteiger partial charge in [-0.05, 0) is 31.5 Å². The zero-order valence-corrected chi connectivity index (χ0v) is 10.7. The number of hydrogen-bond acceptors (Lipinski definition) is 2. The summed E-state index contributed by atoms with van der Waals surface area (Å²) < 4.78 is 18.7. The van der Waals surface area contributed by atoms with Crippen LogP contribution >= 0.6 is 0 Å². The van der Waals surface area contributed by atoms with Gasteiger partial charge in [0.25, 0.3) is 0 Å². The van der Waals surface area contributed by atoms with Crippen molar-refractivity contribution in [3.05, 3.63) is 29.6 Å². The highest BCUT2D eigenvalue weighted by Crippen LogP contribution is 2.24. The Balaban J connectivity index is 2.52. The van der Waals surface area contributed by atoms with Gasteiger partial charge in [0.15, 0.2) is 0 Å². The molecule has 0 amide bonds. The second-order valence-electron chi connectivity index (χ2n) is 4.38. The van der Waals surface area contributed by atoms with E-state index in [4.69, 9.17) is 10.5 Å². The molecule has 96 valence electrons. The predicted molar refractivity (Wildman–Crippen MR) is 68.6 cm³/mol. The number of hydrogen-bond donors (Lipinski definition) is 1. The third-order valence-corrected chi connectivity index (χ3v) is 2.72. The first-order chi connectivity index (χ1) is 8.15. The molecular formula is C14H22FNO. The van der Waals surface area contributed by atoms with E-state index in [1.807, 2.05) is 6.92 Å². The second-order valence-corrected chi connectivity index (χ2v) is 4.38. The van der Waals surface area contributed by atoms with Gasteiger partial charge in [0.1, 0.15) is 11.6 Å². The van der Waals surface area contributed by atoms with Crippen molar-refractivity contribution in [1.29, 1.82) is 0 Å². The average Bonchev–Trinajstić information content (AvgIpc) is 2.30. The minimum absolute atomic E-state index is 0.212. The Hall–Kier alpha value is -1.09. The lowest BCUT2D eigenvalue weighted by Crippen LogP contribution is -2.09. The molecule has 0 heterocycles. The molecule has 0 fully saturated rings. The fraction of sp³-hybridized carbons (Fsp3) is 0.571. The van der Waals surface area contributed by atoms with E-state index in [2.05, 4.69) is 6.92 Å². The summed E-state index contributed by atoms with van der Waals surface area (Å²) in [7, 11) is 0. The van der Waals surface area contributed by atoms with Gasteiger partial charge < -0.3 is 10.5 Å². The number of ether oxygens (including phenoxy) is 1. The van der Waals surface area contributed by atoms with Crippen LogP contribution < -0.4 is 10.5 Å². The molecule has 17 heavy (non-hydrogen) atoms. The Kier molecular flexibility index (Phi) is 5.98. The summed E-state index contributed by atoms with van der Waals surface area (Å²) >= 11 is 0. The first kappa shape index (κ1) is 14.0. The molecule has 0 saturated heterocycles. The van der Waals surface area contributed by atoms with Crippen LogP contribution in [0.15, 0.2) is 18.2 Å². The maximum atomic E-state index is 13.1. The minimum Gasteiger partial charge on any atom is -0.493 e. The van der Waals surface area contributed by atoms with Crippen LogP contribution in [0, 0.1) is 5.82 Å². The van der Waals surface area contributed by atoms with E-state index in [0.29, 0.717) is 12.4 Å². The summed E-state index contributed by atoms with van der Waals surface area (Å²) in [5, 5.41) is 0. The topological polar surface area (TPSA) is 35.2 Å². The number of nitrogens with two attached hydrogens (primary N) is 1. The molecule has 0 spiro atoms. The van der Waals surface area contributed by atoms with Crippen molar-refractivity contribution in [2.24, 2.45) is 5.73 Å². The molecule has 1 rings (SSSR count). The third kappa shape index (κ3) is 4.73. The fourth-order valence-electron chi connectivity index (χ4n) is 1.72. The number of rotatable bonds is 7. The highest BCUT2D eigenvalue weighted by Gasteiger charge is 2.09. The molecule has 1 atom stereocenters. The van der Waals surface area contributed by atoms with Crippen molar-refractivity contribution in [2.75, 3.05) is 6.61 Å². The van der Waals surface area contributed by atoms with E-state index in [9.17, 15) is 4.39 Å². The van der Waals surface area contributed by atoms with Gasteiger partial charge >= 0.3 is 0 Å². The summed E-state index contributed by atoms with van der Waals surface area (Å²) in [5.41, 5.74) is 6.53. The molecule has 0 aromatic heterocycles. The summed E-state index contributed by atoms with van der Waals surface area (Å²) in [6, 6.07) is 4.31. The fourth-order valence-corrected chi connectivity index (χ4v) is 1.72. The van der Waals surface area contributed by atoms with Crippen LogP contribution in [0.3, 0.4) is 0 Å².